The summed E-state index contributed by atoms with van der Waals surface area (Å²) in [7, 11) is -2.27. The number of anilines is 1. The molecule has 0 aromatic heterocycles. The topological polar surface area (TPSA) is 79.2 Å². The van der Waals surface area contributed by atoms with Gasteiger partial charge in [0.05, 0.1) is 29.7 Å². The first-order valence-corrected chi connectivity index (χ1v) is 10.2. The Morgan fingerprint density at radius 3 is 2.29 bits per heavy atom. The number of nitrogens with zero attached hydrogens (tertiary/aromatic N) is 1. The van der Waals surface area contributed by atoms with Gasteiger partial charge in [-0.2, -0.15) is 5.26 Å². The Bertz CT molecular complexity index is 1110. The van der Waals surface area contributed by atoms with E-state index in [4.69, 9.17) is 16.3 Å². The number of sulfonamides is 1. The summed E-state index contributed by atoms with van der Waals surface area (Å²) in [5.41, 5.74) is 1.75. The fourth-order valence-electron chi connectivity index (χ4n) is 2.76. The second-order valence-corrected chi connectivity index (χ2v) is 8.08. The second kappa shape index (κ2) is 8.34. The van der Waals surface area contributed by atoms with Gasteiger partial charge < -0.3 is 4.74 Å². The van der Waals surface area contributed by atoms with Crippen molar-refractivity contribution in [3.8, 4) is 11.8 Å². The van der Waals surface area contributed by atoms with Crippen molar-refractivity contribution < 1.29 is 13.2 Å². The third-order valence-corrected chi connectivity index (χ3v) is 5.92. The summed E-state index contributed by atoms with van der Waals surface area (Å²) in [4.78, 5) is 0.104. The summed E-state index contributed by atoms with van der Waals surface area (Å²) < 4.78 is 32.7. The minimum atomic E-state index is -3.78. The van der Waals surface area contributed by atoms with Crippen LogP contribution in [0, 0.1) is 11.3 Å². The van der Waals surface area contributed by atoms with Crippen molar-refractivity contribution in [2.45, 2.75) is 10.8 Å². The third-order valence-electron chi connectivity index (χ3n) is 4.20. The maximum atomic E-state index is 12.6. The van der Waals surface area contributed by atoms with Crippen molar-refractivity contribution in [1.29, 1.82) is 5.26 Å². The number of hydrogen-bond acceptors (Lipinski definition) is 4. The Morgan fingerprint density at radius 1 is 1.04 bits per heavy atom. The van der Waals surface area contributed by atoms with Gasteiger partial charge in [0.15, 0.2) is 0 Å². The Hall–Kier alpha value is -3.01. The largest absolute Gasteiger partial charge is 0.497 e. The molecule has 7 heteroatoms. The van der Waals surface area contributed by atoms with Crippen LogP contribution in [0.1, 0.15) is 17.0 Å². The van der Waals surface area contributed by atoms with Crippen LogP contribution >= 0.6 is 11.6 Å². The Labute approximate surface area is 169 Å². The van der Waals surface area contributed by atoms with E-state index in [1.54, 1.807) is 24.3 Å². The van der Waals surface area contributed by atoms with E-state index in [-0.39, 0.29) is 4.90 Å². The van der Waals surface area contributed by atoms with E-state index >= 15 is 0 Å². The highest BCUT2D eigenvalue weighted by atomic mass is 35.5. The average Bonchev–Trinajstić information content (AvgIpc) is 2.70. The molecule has 0 aliphatic rings. The number of methoxy groups -OCH3 is 1. The van der Waals surface area contributed by atoms with Gasteiger partial charge in [0, 0.05) is 5.02 Å². The van der Waals surface area contributed by atoms with Crippen LogP contribution in [0.5, 0.6) is 5.75 Å². The smallest absolute Gasteiger partial charge is 0.261 e. The van der Waals surface area contributed by atoms with E-state index in [9.17, 15) is 13.7 Å². The normalized spacial score (nSPS) is 12.0. The summed E-state index contributed by atoms with van der Waals surface area (Å²) >= 11 is 6.36. The third kappa shape index (κ3) is 4.28. The number of hydrogen-bond donors (Lipinski definition) is 1. The van der Waals surface area contributed by atoms with Crippen LogP contribution in [0.2, 0.25) is 5.02 Å². The van der Waals surface area contributed by atoms with Crippen LogP contribution in [-0.4, -0.2) is 15.5 Å². The molecule has 0 saturated heterocycles. The standard InChI is InChI=1S/C21H17ClN2O3S/c1-27-17-8-10-18(11-9-17)28(25,26)24-16-7-12-19(21(22)13-16)20(14-23)15-5-3-2-4-6-15/h2-13,20,24H,1H3/t20-/m0/s1. The molecule has 142 valence electrons. The summed E-state index contributed by atoms with van der Waals surface area (Å²) in [6.07, 6.45) is 0. The molecular weight excluding hydrogens is 396 g/mol. The fourth-order valence-corrected chi connectivity index (χ4v) is 4.10. The molecule has 0 amide bonds. The van der Waals surface area contributed by atoms with Gasteiger partial charge in [-0.25, -0.2) is 8.42 Å². The van der Waals surface area contributed by atoms with Gasteiger partial charge in [0.25, 0.3) is 10.0 Å². The molecule has 3 aromatic rings. The van der Waals surface area contributed by atoms with Crippen molar-refractivity contribution in [3.63, 3.8) is 0 Å². The number of benzene rings is 3. The zero-order chi connectivity index (χ0) is 20.1. The second-order valence-electron chi connectivity index (χ2n) is 5.99. The van der Waals surface area contributed by atoms with E-state index in [0.29, 0.717) is 22.0 Å². The maximum Gasteiger partial charge on any atom is 0.261 e. The fraction of sp³-hybridized carbons (Fsp3) is 0.0952. The first kappa shape index (κ1) is 19.7. The molecule has 1 atom stereocenters. The van der Waals surface area contributed by atoms with Crippen molar-refractivity contribution in [2.24, 2.45) is 0 Å². The predicted octanol–water partition coefficient (Wildman–Crippen LogP) is 4.80. The highest BCUT2D eigenvalue weighted by Crippen LogP contribution is 2.32. The number of nitriles is 1. The SMILES string of the molecule is COc1ccc(S(=O)(=O)Nc2ccc([C@@H](C#N)c3ccccc3)c(Cl)c2)cc1. The summed E-state index contributed by atoms with van der Waals surface area (Å²) in [6, 6.07) is 22.3. The molecule has 0 spiro atoms. The van der Waals surface area contributed by atoms with E-state index in [0.717, 1.165) is 5.56 Å². The van der Waals surface area contributed by atoms with Crippen molar-refractivity contribution in [1.82, 2.24) is 0 Å². The number of halogens is 1. The van der Waals surface area contributed by atoms with Crippen LogP contribution in [0.15, 0.2) is 77.7 Å². The first-order chi connectivity index (χ1) is 13.4. The highest BCUT2D eigenvalue weighted by molar-refractivity contribution is 7.92. The van der Waals surface area contributed by atoms with Gasteiger partial charge in [-0.1, -0.05) is 48.0 Å². The minimum Gasteiger partial charge on any atom is -0.497 e. The first-order valence-electron chi connectivity index (χ1n) is 8.35. The summed E-state index contributed by atoms with van der Waals surface area (Å²) in [6.45, 7) is 0. The quantitative estimate of drug-likeness (QED) is 0.630. The van der Waals surface area contributed by atoms with Gasteiger partial charge in [-0.3, -0.25) is 4.72 Å². The molecule has 0 unspecified atom stereocenters. The zero-order valence-electron chi connectivity index (χ0n) is 15.0. The maximum absolute atomic E-state index is 12.6. The van der Waals surface area contributed by atoms with E-state index in [1.807, 2.05) is 30.3 Å². The van der Waals surface area contributed by atoms with Crippen molar-refractivity contribution in [3.05, 3.63) is 88.9 Å². The molecule has 0 radical (unpaired) electrons. The predicted molar refractivity (Wildman–Crippen MR) is 109 cm³/mol. The molecular formula is C21H17ClN2O3S. The van der Waals surface area contributed by atoms with Crippen LogP contribution < -0.4 is 9.46 Å². The lowest BCUT2D eigenvalue weighted by atomic mass is 9.92. The number of rotatable bonds is 6. The Morgan fingerprint density at radius 2 is 1.71 bits per heavy atom. The monoisotopic (exact) mass is 412 g/mol. The average molecular weight is 413 g/mol. The van der Waals surface area contributed by atoms with Crippen molar-refractivity contribution in [2.75, 3.05) is 11.8 Å². The number of nitrogens with one attached hydrogen (secondary N) is 1. The van der Waals surface area contributed by atoms with Gasteiger partial charge >= 0.3 is 0 Å². The summed E-state index contributed by atoms with van der Waals surface area (Å²) in [5, 5.41) is 9.88. The van der Waals surface area contributed by atoms with Gasteiger partial charge in [-0.05, 0) is 47.5 Å². The Kier molecular flexibility index (Phi) is 5.88. The number of ether oxygens (including phenoxy) is 1. The molecule has 0 aliphatic carbocycles. The molecule has 0 aliphatic heterocycles. The molecule has 0 fully saturated rings. The van der Waals surface area contributed by atoms with E-state index in [2.05, 4.69) is 10.8 Å². The van der Waals surface area contributed by atoms with Crippen LogP contribution in [-0.2, 0) is 10.0 Å². The lowest BCUT2D eigenvalue weighted by Crippen LogP contribution is -2.13. The molecule has 28 heavy (non-hydrogen) atoms. The zero-order valence-corrected chi connectivity index (χ0v) is 16.5. The lowest BCUT2D eigenvalue weighted by Gasteiger charge is -2.14. The van der Waals surface area contributed by atoms with Gasteiger partial charge in [0.1, 0.15) is 5.75 Å². The molecule has 1 N–H and O–H groups in total. The van der Waals surface area contributed by atoms with E-state index in [1.165, 1.54) is 25.3 Å². The Balaban J connectivity index is 1.86. The van der Waals surface area contributed by atoms with Crippen LogP contribution in [0.3, 0.4) is 0 Å². The molecule has 3 aromatic carbocycles. The van der Waals surface area contributed by atoms with E-state index < -0.39 is 15.9 Å². The van der Waals surface area contributed by atoms with Crippen LogP contribution in [0.4, 0.5) is 5.69 Å². The minimum absolute atomic E-state index is 0.104. The summed E-state index contributed by atoms with van der Waals surface area (Å²) in [5.74, 6) is 0.0238. The van der Waals surface area contributed by atoms with Crippen molar-refractivity contribution >= 4 is 27.3 Å². The lowest BCUT2D eigenvalue weighted by molar-refractivity contribution is 0.414. The molecule has 0 bridgehead atoms. The highest BCUT2D eigenvalue weighted by Gasteiger charge is 2.19. The van der Waals surface area contributed by atoms with Gasteiger partial charge in [-0.15, -0.1) is 0 Å². The molecule has 5 nitrogen and oxygen atoms in total. The van der Waals surface area contributed by atoms with Gasteiger partial charge in [0.2, 0.25) is 0 Å². The molecule has 3 rings (SSSR count). The molecule has 0 saturated carbocycles. The molecule has 0 heterocycles. The van der Waals surface area contributed by atoms with Crippen LogP contribution in [0.25, 0.3) is 0 Å².